The van der Waals surface area contributed by atoms with Crippen molar-refractivity contribution >= 4 is 33.4 Å². The van der Waals surface area contributed by atoms with E-state index < -0.39 is 0 Å². The molecule has 2 aliphatic heterocycles. The van der Waals surface area contributed by atoms with Crippen molar-refractivity contribution < 1.29 is 9.59 Å². The minimum atomic E-state index is 0.0651. The quantitative estimate of drug-likeness (QED) is 0.702. The highest BCUT2D eigenvalue weighted by atomic mass is 79.9. The smallest absolute Gasteiger partial charge is 0.242 e. The largest absolute Gasteiger partial charge is 0.341 e. The molecular weight excluding hydrogens is 404 g/mol. The van der Waals surface area contributed by atoms with E-state index in [9.17, 15) is 9.59 Å². The third-order valence-electron chi connectivity index (χ3n) is 6.74. The number of benzene rings is 1. The third kappa shape index (κ3) is 4.23. The van der Waals surface area contributed by atoms with E-state index in [2.05, 4.69) is 22.0 Å². The van der Waals surface area contributed by atoms with Crippen molar-refractivity contribution in [3.8, 4) is 0 Å². The Kier molecular flexibility index (Phi) is 5.86. The second-order valence-electron chi connectivity index (χ2n) is 8.37. The Morgan fingerprint density at radius 3 is 2.44 bits per heavy atom. The Morgan fingerprint density at radius 1 is 1.00 bits per heavy atom. The molecule has 1 saturated heterocycles. The fourth-order valence-corrected chi connectivity index (χ4v) is 5.57. The van der Waals surface area contributed by atoms with Gasteiger partial charge in [0.05, 0.1) is 0 Å². The van der Waals surface area contributed by atoms with Crippen LogP contribution in [0.1, 0.15) is 56.9 Å². The molecule has 2 fully saturated rings. The van der Waals surface area contributed by atoms with Crippen molar-refractivity contribution in [3.05, 3.63) is 28.2 Å². The Bertz CT molecular complexity index is 706. The maximum atomic E-state index is 12.9. The van der Waals surface area contributed by atoms with Crippen LogP contribution < -0.4 is 4.90 Å². The summed E-state index contributed by atoms with van der Waals surface area (Å²) in [6.45, 7) is 1.89. The van der Waals surface area contributed by atoms with E-state index in [4.69, 9.17) is 0 Å². The average molecular weight is 433 g/mol. The van der Waals surface area contributed by atoms with Crippen molar-refractivity contribution in [2.45, 2.75) is 57.8 Å². The first-order valence-corrected chi connectivity index (χ1v) is 11.3. The minimum Gasteiger partial charge on any atom is -0.341 e. The fraction of sp³-hybridized carbons (Fsp3) is 0.636. The van der Waals surface area contributed by atoms with Gasteiger partial charge in [0, 0.05) is 29.7 Å². The Morgan fingerprint density at radius 2 is 1.70 bits per heavy atom. The molecule has 0 spiro atoms. The Hall–Kier alpha value is -1.36. The molecule has 1 aromatic carbocycles. The van der Waals surface area contributed by atoms with E-state index in [0.29, 0.717) is 6.42 Å². The zero-order valence-corrected chi connectivity index (χ0v) is 17.5. The third-order valence-corrected chi connectivity index (χ3v) is 7.24. The van der Waals surface area contributed by atoms with Crippen molar-refractivity contribution in [3.63, 3.8) is 0 Å². The molecule has 3 aliphatic rings. The van der Waals surface area contributed by atoms with Crippen LogP contribution in [0.25, 0.3) is 0 Å². The highest BCUT2D eigenvalue weighted by Crippen LogP contribution is 2.36. The molecule has 4 rings (SSSR count). The summed E-state index contributed by atoms with van der Waals surface area (Å²) in [5.74, 6) is 1.84. The molecular formula is C22H29BrN2O2. The first-order valence-electron chi connectivity index (χ1n) is 10.5. The van der Waals surface area contributed by atoms with Crippen LogP contribution in [0.3, 0.4) is 0 Å². The van der Waals surface area contributed by atoms with Gasteiger partial charge in [-0.3, -0.25) is 9.59 Å². The van der Waals surface area contributed by atoms with Crippen LogP contribution in [0.5, 0.6) is 0 Å². The van der Waals surface area contributed by atoms with Crippen LogP contribution >= 0.6 is 15.9 Å². The molecule has 4 nitrogen and oxygen atoms in total. The van der Waals surface area contributed by atoms with Crippen LogP contribution in [0.2, 0.25) is 0 Å². The van der Waals surface area contributed by atoms with Crippen LogP contribution in [0.4, 0.5) is 5.69 Å². The van der Waals surface area contributed by atoms with Crippen LogP contribution in [-0.4, -0.2) is 36.3 Å². The van der Waals surface area contributed by atoms with Gasteiger partial charge in [-0.25, -0.2) is 0 Å². The van der Waals surface area contributed by atoms with Gasteiger partial charge in [-0.2, -0.15) is 0 Å². The van der Waals surface area contributed by atoms with Gasteiger partial charge in [0.25, 0.3) is 0 Å². The number of piperidine rings is 1. The molecule has 2 amide bonds. The molecule has 0 aromatic heterocycles. The topological polar surface area (TPSA) is 40.6 Å². The van der Waals surface area contributed by atoms with Crippen molar-refractivity contribution in [1.29, 1.82) is 0 Å². The fourth-order valence-electron chi connectivity index (χ4n) is 5.16. The van der Waals surface area contributed by atoms with E-state index >= 15 is 0 Å². The number of rotatable bonds is 3. The number of anilines is 1. The van der Waals surface area contributed by atoms with Crippen LogP contribution in [0, 0.1) is 11.8 Å². The maximum Gasteiger partial charge on any atom is 0.242 e. The predicted octanol–water partition coefficient (Wildman–Crippen LogP) is 4.55. The molecule has 1 saturated carbocycles. The minimum absolute atomic E-state index is 0.0651. The number of aryl methyl sites for hydroxylation is 1. The number of halogens is 1. The summed E-state index contributed by atoms with van der Waals surface area (Å²) in [4.78, 5) is 29.0. The highest BCUT2D eigenvalue weighted by molar-refractivity contribution is 9.10. The molecule has 0 radical (unpaired) electrons. The normalized spacial score (nSPS) is 22.0. The van der Waals surface area contributed by atoms with Gasteiger partial charge >= 0.3 is 0 Å². The van der Waals surface area contributed by atoms with E-state index in [1.807, 2.05) is 17.0 Å². The first-order chi connectivity index (χ1) is 13.1. The molecule has 0 N–H and O–H groups in total. The Balaban J connectivity index is 1.36. The van der Waals surface area contributed by atoms with Gasteiger partial charge in [-0.15, -0.1) is 0 Å². The van der Waals surface area contributed by atoms with E-state index in [-0.39, 0.29) is 18.4 Å². The lowest BCUT2D eigenvalue weighted by atomic mass is 9.76. The Labute approximate surface area is 170 Å². The van der Waals surface area contributed by atoms with E-state index in [1.165, 1.54) is 32.1 Å². The van der Waals surface area contributed by atoms with Crippen molar-refractivity contribution in [1.82, 2.24) is 4.90 Å². The molecule has 1 aromatic rings. The van der Waals surface area contributed by atoms with Gasteiger partial charge in [0.1, 0.15) is 6.54 Å². The molecule has 27 heavy (non-hydrogen) atoms. The van der Waals surface area contributed by atoms with E-state index in [0.717, 1.165) is 59.9 Å². The summed E-state index contributed by atoms with van der Waals surface area (Å²) in [6, 6.07) is 5.97. The molecule has 0 atom stereocenters. The molecule has 0 unspecified atom stereocenters. The summed E-state index contributed by atoms with van der Waals surface area (Å²) in [5.41, 5.74) is 2.05. The SMILES string of the molecule is O=C(CN1C(=O)CCc2cc(Br)ccc21)N1CCC(C2CCCCC2)CC1. The molecule has 2 heterocycles. The molecule has 146 valence electrons. The van der Waals surface area contributed by atoms with Crippen LogP contribution in [-0.2, 0) is 16.0 Å². The average Bonchev–Trinajstić information content (AvgIpc) is 2.71. The highest BCUT2D eigenvalue weighted by Gasteiger charge is 2.32. The molecule has 0 bridgehead atoms. The number of carbonyl (C=O) groups is 2. The molecule has 1 aliphatic carbocycles. The van der Waals surface area contributed by atoms with Crippen LogP contribution in [0.15, 0.2) is 22.7 Å². The summed E-state index contributed by atoms with van der Waals surface area (Å²) in [5, 5.41) is 0. The summed E-state index contributed by atoms with van der Waals surface area (Å²) in [6.07, 6.45) is 10.4. The number of carbonyl (C=O) groups excluding carboxylic acids is 2. The zero-order valence-electron chi connectivity index (χ0n) is 16.0. The zero-order chi connectivity index (χ0) is 18.8. The number of nitrogens with zero attached hydrogens (tertiary/aromatic N) is 2. The van der Waals surface area contributed by atoms with Gasteiger partial charge in [-0.1, -0.05) is 48.0 Å². The lowest BCUT2D eigenvalue weighted by molar-refractivity contribution is -0.133. The first kappa shape index (κ1) is 19.0. The lowest BCUT2D eigenvalue weighted by Crippen LogP contribution is -2.47. The second kappa shape index (κ2) is 8.34. The molecule has 5 heteroatoms. The maximum absolute atomic E-state index is 12.9. The number of hydrogen-bond acceptors (Lipinski definition) is 2. The monoisotopic (exact) mass is 432 g/mol. The van der Waals surface area contributed by atoms with Crippen molar-refractivity contribution in [2.75, 3.05) is 24.5 Å². The summed E-state index contributed by atoms with van der Waals surface area (Å²) in [7, 11) is 0. The standard InChI is InChI=1S/C22H29BrN2O2/c23-19-7-8-20-18(14-19)6-9-21(26)25(20)15-22(27)24-12-10-17(11-13-24)16-4-2-1-3-5-16/h7-8,14,16-17H,1-6,9-13,15H2. The van der Waals surface area contributed by atoms with Crippen molar-refractivity contribution in [2.24, 2.45) is 11.8 Å². The van der Waals surface area contributed by atoms with Gasteiger partial charge in [0.15, 0.2) is 0 Å². The summed E-state index contributed by atoms with van der Waals surface area (Å²) < 4.78 is 1.02. The van der Waals surface area contributed by atoms with Gasteiger partial charge < -0.3 is 9.80 Å². The lowest BCUT2D eigenvalue weighted by Gasteiger charge is -2.38. The van der Waals surface area contributed by atoms with E-state index in [1.54, 1.807) is 4.90 Å². The summed E-state index contributed by atoms with van der Waals surface area (Å²) >= 11 is 3.50. The number of hydrogen-bond donors (Lipinski definition) is 0. The van der Waals surface area contributed by atoms with Gasteiger partial charge in [0.2, 0.25) is 11.8 Å². The van der Waals surface area contributed by atoms with Gasteiger partial charge in [-0.05, 0) is 54.9 Å². The number of fused-ring (bicyclic) bond motifs is 1. The number of amides is 2. The predicted molar refractivity (Wildman–Crippen MR) is 111 cm³/mol. The second-order valence-corrected chi connectivity index (χ2v) is 9.28. The number of likely N-dealkylation sites (tertiary alicyclic amines) is 1.